The SMILES string of the molecule is COc1ccc(Cl)cc1NC(=O)CCC1CCCN(C(=O)Cn2nc(C)cc2C)C1. The Kier molecular flexibility index (Phi) is 7.37. The number of piperidine rings is 1. The topological polar surface area (TPSA) is 76.5 Å². The highest BCUT2D eigenvalue weighted by molar-refractivity contribution is 6.31. The Balaban J connectivity index is 1.50. The molecule has 2 aromatic rings. The number of rotatable bonds is 7. The molecular weight excluding hydrogens is 404 g/mol. The summed E-state index contributed by atoms with van der Waals surface area (Å²) in [5.74, 6) is 0.891. The predicted octanol–water partition coefficient (Wildman–Crippen LogP) is 3.82. The largest absolute Gasteiger partial charge is 0.495 e. The van der Waals surface area contributed by atoms with E-state index in [2.05, 4.69) is 10.4 Å². The van der Waals surface area contributed by atoms with E-state index in [1.165, 1.54) is 0 Å². The van der Waals surface area contributed by atoms with E-state index in [1.54, 1.807) is 30.0 Å². The van der Waals surface area contributed by atoms with Crippen molar-refractivity contribution in [3.05, 3.63) is 40.7 Å². The molecule has 1 saturated heterocycles. The standard InChI is InChI=1S/C22H29ClN4O3/c1-15-11-16(2)27(25-15)14-22(29)26-10-4-5-17(13-26)6-9-21(28)24-19-12-18(23)7-8-20(19)30-3/h7-8,11-12,17H,4-6,9-10,13-14H2,1-3H3,(H,24,28). The number of nitrogens with zero attached hydrogens (tertiary/aromatic N) is 3. The zero-order valence-electron chi connectivity index (χ0n) is 17.8. The van der Waals surface area contributed by atoms with Crippen LogP contribution in [0.15, 0.2) is 24.3 Å². The number of carbonyl (C=O) groups is 2. The molecule has 0 saturated carbocycles. The molecule has 1 N–H and O–H groups in total. The molecule has 2 heterocycles. The highest BCUT2D eigenvalue weighted by Gasteiger charge is 2.25. The number of amides is 2. The van der Waals surface area contributed by atoms with Crippen molar-refractivity contribution in [1.29, 1.82) is 0 Å². The van der Waals surface area contributed by atoms with Crippen LogP contribution in [0.1, 0.15) is 37.1 Å². The zero-order chi connectivity index (χ0) is 21.7. The summed E-state index contributed by atoms with van der Waals surface area (Å²) in [5, 5.41) is 7.79. The zero-order valence-corrected chi connectivity index (χ0v) is 18.5. The van der Waals surface area contributed by atoms with E-state index in [-0.39, 0.29) is 18.4 Å². The summed E-state index contributed by atoms with van der Waals surface area (Å²) in [5.41, 5.74) is 2.47. The summed E-state index contributed by atoms with van der Waals surface area (Å²) in [6, 6.07) is 7.10. The number of halogens is 1. The maximum absolute atomic E-state index is 12.7. The monoisotopic (exact) mass is 432 g/mol. The van der Waals surface area contributed by atoms with E-state index in [9.17, 15) is 9.59 Å². The van der Waals surface area contributed by atoms with Crippen LogP contribution in [-0.2, 0) is 16.1 Å². The summed E-state index contributed by atoms with van der Waals surface area (Å²) >= 11 is 6.02. The number of hydrogen-bond acceptors (Lipinski definition) is 4. The van der Waals surface area contributed by atoms with Gasteiger partial charge in [0.2, 0.25) is 11.8 Å². The molecule has 0 aliphatic carbocycles. The van der Waals surface area contributed by atoms with Crippen LogP contribution in [-0.4, -0.2) is 46.7 Å². The Labute approximate surface area is 182 Å². The van der Waals surface area contributed by atoms with Crippen LogP contribution in [0.25, 0.3) is 0 Å². The van der Waals surface area contributed by atoms with Crippen LogP contribution >= 0.6 is 11.6 Å². The maximum atomic E-state index is 12.7. The minimum absolute atomic E-state index is 0.0818. The van der Waals surface area contributed by atoms with Crippen molar-refractivity contribution >= 4 is 29.1 Å². The van der Waals surface area contributed by atoms with Crippen LogP contribution in [0, 0.1) is 19.8 Å². The number of aromatic nitrogens is 2. The first kappa shape index (κ1) is 22.2. The van der Waals surface area contributed by atoms with Crippen LogP contribution in [0.3, 0.4) is 0 Å². The number of aryl methyl sites for hydroxylation is 2. The predicted molar refractivity (Wildman–Crippen MR) is 117 cm³/mol. The summed E-state index contributed by atoms with van der Waals surface area (Å²) in [6.45, 7) is 5.60. The molecule has 8 heteroatoms. The molecule has 7 nitrogen and oxygen atoms in total. The second-order valence-electron chi connectivity index (χ2n) is 7.86. The van der Waals surface area contributed by atoms with Gasteiger partial charge in [0.25, 0.3) is 0 Å². The third-order valence-corrected chi connectivity index (χ3v) is 5.71. The lowest BCUT2D eigenvalue weighted by atomic mass is 9.93. The van der Waals surface area contributed by atoms with Gasteiger partial charge >= 0.3 is 0 Å². The Morgan fingerprint density at radius 1 is 1.30 bits per heavy atom. The number of methoxy groups -OCH3 is 1. The van der Waals surface area contributed by atoms with Gasteiger partial charge in [-0.3, -0.25) is 14.3 Å². The molecule has 1 aliphatic rings. The molecule has 3 rings (SSSR count). The normalized spacial score (nSPS) is 16.4. The van der Waals surface area contributed by atoms with Crippen molar-refractivity contribution in [3.8, 4) is 5.75 Å². The summed E-state index contributed by atoms with van der Waals surface area (Å²) in [4.78, 5) is 27.1. The van der Waals surface area contributed by atoms with E-state index in [1.807, 2.05) is 24.8 Å². The van der Waals surface area contributed by atoms with Gasteiger partial charge in [-0.25, -0.2) is 0 Å². The first-order valence-electron chi connectivity index (χ1n) is 10.3. The number of anilines is 1. The quantitative estimate of drug-likeness (QED) is 0.721. The van der Waals surface area contributed by atoms with Gasteiger partial charge in [-0.15, -0.1) is 0 Å². The molecule has 2 amide bonds. The number of hydrogen-bond donors (Lipinski definition) is 1. The third kappa shape index (κ3) is 5.75. The van der Waals surface area contributed by atoms with Crippen molar-refractivity contribution in [3.63, 3.8) is 0 Å². The lowest BCUT2D eigenvalue weighted by Gasteiger charge is -2.33. The van der Waals surface area contributed by atoms with Gasteiger partial charge in [0.05, 0.1) is 18.5 Å². The molecule has 1 aliphatic heterocycles. The third-order valence-electron chi connectivity index (χ3n) is 5.48. The minimum atomic E-state index is -0.0818. The number of likely N-dealkylation sites (tertiary alicyclic amines) is 1. The molecule has 1 aromatic heterocycles. The second-order valence-corrected chi connectivity index (χ2v) is 8.30. The van der Waals surface area contributed by atoms with Gasteiger partial charge in [0.15, 0.2) is 0 Å². The van der Waals surface area contributed by atoms with Gasteiger partial charge in [-0.05, 0) is 63.3 Å². The van der Waals surface area contributed by atoms with E-state index in [4.69, 9.17) is 16.3 Å². The Hall–Kier alpha value is -2.54. The van der Waals surface area contributed by atoms with Crippen molar-refractivity contribution in [2.45, 2.75) is 46.1 Å². The summed E-state index contributed by atoms with van der Waals surface area (Å²) < 4.78 is 7.03. The van der Waals surface area contributed by atoms with Gasteiger partial charge in [0.1, 0.15) is 12.3 Å². The number of benzene rings is 1. The van der Waals surface area contributed by atoms with Gasteiger partial charge < -0.3 is 15.0 Å². The number of carbonyl (C=O) groups excluding carboxylic acids is 2. The van der Waals surface area contributed by atoms with Gasteiger partial charge in [-0.2, -0.15) is 5.10 Å². The van der Waals surface area contributed by atoms with Crippen LogP contribution in [0.4, 0.5) is 5.69 Å². The lowest BCUT2D eigenvalue weighted by molar-refractivity contribution is -0.133. The summed E-state index contributed by atoms with van der Waals surface area (Å²) in [6.07, 6.45) is 3.10. The fourth-order valence-electron chi connectivity index (χ4n) is 3.92. The highest BCUT2D eigenvalue weighted by Crippen LogP contribution is 2.28. The molecule has 1 unspecified atom stereocenters. The fourth-order valence-corrected chi connectivity index (χ4v) is 4.09. The van der Waals surface area contributed by atoms with Crippen LogP contribution < -0.4 is 10.1 Å². The second kappa shape index (κ2) is 9.98. The van der Waals surface area contributed by atoms with Crippen molar-refractivity contribution in [2.75, 3.05) is 25.5 Å². The van der Waals surface area contributed by atoms with Crippen molar-refractivity contribution in [1.82, 2.24) is 14.7 Å². The first-order chi connectivity index (χ1) is 14.4. The average Bonchev–Trinajstić information content (AvgIpc) is 3.03. The molecule has 162 valence electrons. The molecule has 0 bridgehead atoms. The average molecular weight is 433 g/mol. The Morgan fingerprint density at radius 2 is 2.10 bits per heavy atom. The lowest BCUT2D eigenvalue weighted by Crippen LogP contribution is -2.42. The fraction of sp³-hybridized carbons (Fsp3) is 0.500. The van der Waals surface area contributed by atoms with E-state index in [0.717, 1.165) is 37.2 Å². The Morgan fingerprint density at radius 3 is 2.80 bits per heavy atom. The maximum Gasteiger partial charge on any atom is 0.244 e. The summed E-state index contributed by atoms with van der Waals surface area (Å²) in [7, 11) is 1.55. The van der Waals surface area contributed by atoms with Crippen molar-refractivity contribution in [2.24, 2.45) is 5.92 Å². The molecule has 1 aromatic carbocycles. The van der Waals surface area contributed by atoms with E-state index in [0.29, 0.717) is 35.3 Å². The smallest absolute Gasteiger partial charge is 0.244 e. The minimum Gasteiger partial charge on any atom is -0.495 e. The first-order valence-corrected chi connectivity index (χ1v) is 10.7. The molecule has 1 fully saturated rings. The molecule has 1 atom stereocenters. The molecule has 0 radical (unpaired) electrons. The molecule has 30 heavy (non-hydrogen) atoms. The van der Waals surface area contributed by atoms with Gasteiger partial charge in [0, 0.05) is 30.2 Å². The van der Waals surface area contributed by atoms with Crippen LogP contribution in [0.5, 0.6) is 5.75 Å². The highest BCUT2D eigenvalue weighted by atomic mass is 35.5. The van der Waals surface area contributed by atoms with E-state index < -0.39 is 0 Å². The molecule has 0 spiro atoms. The number of nitrogens with one attached hydrogen (secondary N) is 1. The van der Waals surface area contributed by atoms with Crippen LogP contribution in [0.2, 0.25) is 5.02 Å². The van der Waals surface area contributed by atoms with E-state index >= 15 is 0 Å². The molecular formula is C22H29ClN4O3. The van der Waals surface area contributed by atoms with Gasteiger partial charge in [-0.1, -0.05) is 11.6 Å². The Bertz CT molecular complexity index is 912. The number of ether oxygens (including phenoxy) is 1. The van der Waals surface area contributed by atoms with Crippen molar-refractivity contribution < 1.29 is 14.3 Å².